The number of benzene rings is 6. The number of hydrogen-bond acceptors (Lipinski definition) is 2. The molecule has 42 heavy (non-hydrogen) atoms. The van der Waals surface area contributed by atoms with Crippen molar-refractivity contribution in [2.45, 2.75) is 6.04 Å². The number of nitrogens with zero attached hydrogens (tertiary/aromatic N) is 2. The second-order valence-electron chi connectivity index (χ2n) is 11.3. The van der Waals surface area contributed by atoms with Crippen LogP contribution in [0.4, 0.5) is 11.4 Å². The van der Waals surface area contributed by atoms with Crippen LogP contribution >= 0.6 is 0 Å². The van der Waals surface area contributed by atoms with Gasteiger partial charge in [0.05, 0.1) is 16.6 Å². The van der Waals surface area contributed by atoms with Gasteiger partial charge in [-0.1, -0.05) is 91.0 Å². The molecule has 2 N–H and O–H groups in total. The Hall–Kier alpha value is -5.45. The second kappa shape index (κ2) is 8.06. The highest BCUT2D eigenvalue weighted by atomic mass is 16.3. The fraction of sp³-hybridized carbons (Fsp3) is 0.0263. The van der Waals surface area contributed by atoms with Gasteiger partial charge < -0.3 is 4.42 Å². The van der Waals surface area contributed by atoms with Gasteiger partial charge >= 0.3 is 0 Å². The molecule has 0 bridgehead atoms. The molecule has 1 unspecified atom stereocenters. The van der Waals surface area contributed by atoms with Crippen LogP contribution in [-0.4, -0.2) is 10.4 Å². The monoisotopic (exact) mass is 538 g/mol. The molecule has 2 aromatic heterocycles. The summed E-state index contributed by atoms with van der Waals surface area (Å²) in [7, 11) is 0. The Kier molecular flexibility index (Phi) is 4.27. The molecule has 4 nitrogen and oxygen atoms in total. The van der Waals surface area contributed by atoms with E-state index in [9.17, 15) is 0 Å². The first-order valence-corrected chi connectivity index (χ1v) is 14.4. The molecule has 0 fully saturated rings. The van der Waals surface area contributed by atoms with E-state index >= 15 is 0 Å². The van der Waals surface area contributed by atoms with Crippen molar-refractivity contribution in [2.75, 3.05) is 0 Å². The van der Waals surface area contributed by atoms with Crippen LogP contribution in [0.3, 0.4) is 0 Å². The molecule has 1 atom stereocenters. The predicted molar refractivity (Wildman–Crippen MR) is 171 cm³/mol. The molecule has 2 aliphatic heterocycles. The molecule has 6 aromatic carbocycles. The van der Waals surface area contributed by atoms with Crippen molar-refractivity contribution in [3.63, 3.8) is 0 Å². The highest BCUT2D eigenvalue weighted by Crippen LogP contribution is 2.47. The van der Waals surface area contributed by atoms with Crippen molar-refractivity contribution in [2.24, 2.45) is 4.99 Å². The minimum absolute atomic E-state index is 0.0543. The maximum atomic E-state index is 6.16. The van der Waals surface area contributed by atoms with E-state index in [0.717, 1.165) is 33.5 Å². The van der Waals surface area contributed by atoms with Crippen LogP contribution in [0.5, 0.6) is 0 Å². The number of rotatable bonds is 2. The Labute approximate surface area is 241 Å². The number of furan rings is 1. The van der Waals surface area contributed by atoms with E-state index in [1.807, 2.05) is 12.1 Å². The molecule has 10 rings (SSSR count). The third-order valence-electron chi connectivity index (χ3n) is 9.10. The van der Waals surface area contributed by atoms with Crippen molar-refractivity contribution in [3.05, 3.63) is 133 Å². The van der Waals surface area contributed by atoms with E-state index in [4.69, 9.17) is 9.41 Å². The van der Waals surface area contributed by atoms with E-state index in [-0.39, 0.29) is 6.04 Å². The van der Waals surface area contributed by atoms with Gasteiger partial charge in [-0.3, -0.25) is 9.88 Å². The summed E-state index contributed by atoms with van der Waals surface area (Å²) >= 11 is 0. The van der Waals surface area contributed by atoms with Crippen LogP contribution in [0.15, 0.2) is 137 Å². The maximum Gasteiger partial charge on any atom is 0.178 e. The zero-order valence-electron chi connectivity index (χ0n) is 22.6. The summed E-state index contributed by atoms with van der Waals surface area (Å²) in [5, 5.41) is 7.26. The quantitative estimate of drug-likeness (QED) is 0.220. The van der Waals surface area contributed by atoms with Crippen molar-refractivity contribution in [1.82, 2.24) is 4.57 Å². The van der Waals surface area contributed by atoms with Crippen LogP contribution in [0.25, 0.3) is 66.0 Å². The normalized spacial score (nSPS) is 15.4. The average Bonchev–Trinajstić information content (AvgIpc) is 3.70. The summed E-state index contributed by atoms with van der Waals surface area (Å²) < 4.78 is 8.57. The molecular formula is C38H24N3O+. The fourth-order valence-electron chi connectivity index (χ4n) is 7.23. The number of nitrogens with two attached hydrogens (primary N) is 1. The molecular weight excluding hydrogens is 514 g/mol. The van der Waals surface area contributed by atoms with Crippen molar-refractivity contribution in [1.29, 1.82) is 0 Å². The minimum atomic E-state index is 0.0543. The average molecular weight is 539 g/mol. The SMILES string of the molecule is c1ccc(-c2ccc3c(c2)[NH2+]C2C(=N3)n3c4ccccc4c4ccc(-c5ccc6oc7ccccc7c6c5)c2c43)cc1. The van der Waals surface area contributed by atoms with Gasteiger partial charge in [0.2, 0.25) is 0 Å². The number of aliphatic imine (C=N–C) groups is 1. The van der Waals surface area contributed by atoms with E-state index in [2.05, 4.69) is 125 Å². The number of quaternary nitrogens is 1. The summed E-state index contributed by atoms with van der Waals surface area (Å²) in [5.41, 5.74) is 12.7. The summed E-state index contributed by atoms with van der Waals surface area (Å²) in [6, 6.07) is 45.5. The van der Waals surface area contributed by atoms with Crippen LogP contribution < -0.4 is 5.32 Å². The molecule has 0 radical (unpaired) electrons. The highest BCUT2D eigenvalue weighted by Gasteiger charge is 2.41. The van der Waals surface area contributed by atoms with E-state index in [1.54, 1.807) is 0 Å². The van der Waals surface area contributed by atoms with Gasteiger partial charge in [-0.15, -0.1) is 0 Å². The first-order valence-electron chi connectivity index (χ1n) is 14.4. The Balaban J connectivity index is 1.23. The molecule has 4 heteroatoms. The second-order valence-corrected chi connectivity index (χ2v) is 11.3. The number of para-hydroxylation sites is 2. The zero-order chi connectivity index (χ0) is 27.4. The molecule has 0 saturated carbocycles. The Morgan fingerprint density at radius 1 is 0.595 bits per heavy atom. The number of aromatic nitrogens is 1. The molecule has 4 heterocycles. The lowest BCUT2D eigenvalue weighted by atomic mass is 9.91. The molecule has 196 valence electrons. The lowest BCUT2D eigenvalue weighted by Gasteiger charge is -2.21. The van der Waals surface area contributed by atoms with Gasteiger partial charge in [0.15, 0.2) is 17.6 Å². The van der Waals surface area contributed by atoms with E-state index in [0.29, 0.717) is 0 Å². The molecule has 0 saturated heterocycles. The summed E-state index contributed by atoms with van der Waals surface area (Å²) in [5.74, 6) is 1.08. The predicted octanol–water partition coefficient (Wildman–Crippen LogP) is 8.87. The van der Waals surface area contributed by atoms with Crippen molar-refractivity contribution in [3.8, 4) is 22.3 Å². The lowest BCUT2D eigenvalue weighted by molar-refractivity contribution is -0.599. The number of hydrogen-bond donors (Lipinski definition) is 1. The Morgan fingerprint density at radius 2 is 1.38 bits per heavy atom. The van der Waals surface area contributed by atoms with Gasteiger partial charge in [0.25, 0.3) is 0 Å². The molecule has 2 aliphatic rings. The van der Waals surface area contributed by atoms with Crippen molar-refractivity contribution >= 4 is 61.0 Å². The molecule has 8 aromatic rings. The van der Waals surface area contributed by atoms with Gasteiger partial charge in [-0.25, -0.2) is 4.99 Å². The standard InChI is InChI=1S/C38H23N3O/c1-2-8-22(9-3-1)23-14-18-30-31(21-23)39-36-35-25(24-15-19-34-29(20-24)27-11-5-7-13-33(27)42-34)16-17-28-26-10-4-6-12-32(26)41(37(28)35)38(36)40-30/h1-21,36,39H/p+1. The molecule has 0 aliphatic carbocycles. The third kappa shape index (κ3) is 2.91. The maximum absolute atomic E-state index is 6.16. The van der Waals surface area contributed by atoms with E-state index < -0.39 is 0 Å². The summed E-state index contributed by atoms with van der Waals surface area (Å²) in [4.78, 5) is 5.36. The largest absolute Gasteiger partial charge is 0.456 e. The van der Waals surface area contributed by atoms with Gasteiger partial charge in [-0.2, -0.15) is 0 Å². The van der Waals surface area contributed by atoms with Gasteiger partial charge in [-0.05, 0) is 52.6 Å². The summed E-state index contributed by atoms with van der Waals surface area (Å²) in [6.45, 7) is 0. The van der Waals surface area contributed by atoms with Crippen LogP contribution in [0, 0.1) is 0 Å². The van der Waals surface area contributed by atoms with Crippen LogP contribution in [-0.2, 0) is 0 Å². The zero-order valence-corrected chi connectivity index (χ0v) is 22.6. The molecule has 0 spiro atoms. The minimum Gasteiger partial charge on any atom is -0.456 e. The molecule has 0 amide bonds. The fourth-order valence-corrected chi connectivity index (χ4v) is 7.23. The van der Waals surface area contributed by atoms with E-state index in [1.165, 1.54) is 55.3 Å². The van der Waals surface area contributed by atoms with Crippen LogP contribution in [0.2, 0.25) is 0 Å². The third-order valence-corrected chi connectivity index (χ3v) is 9.10. The smallest absolute Gasteiger partial charge is 0.178 e. The van der Waals surface area contributed by atoms with Gasteiger partial charge in [0, 0.05) is 27.6 Å². The van der Waals surface area contributed by atoms with Crippen LogP contribution in [0.1, 0.15) is 11.6 Å². The number of fused-ring (bicyclic) bond motifs is 10. The first kappa shape index (κ1) is 22.3. The topological polar surface area (TPSA) is 47.0 Å². The Bertz CT molecular complexity index is 2440. The highest BCUT2D eigenvalue weighted by molar-refractivity contribution is 6.22. The van der Waals surface area contributed by atoms with Crippen molar-refractivity contribution < 1.29 is 9.73 Å². The lowest BCUT2D eigenvalue weighted by Crippen LogP contribution is -2.82. The first-order chi connectivity index (χ1) is 20.8. The Morgan fingerprint density at radius 3 is 2.31 bits per heavy atom. The summed E-state index contributed by atoms with van der Waals surface area (Å²) in [6.07, 6.45) is 0. The van der Waals surface area contributed by atoms with Gasteiger partial charge in [0.1, 0.15) is 16.9 Å².